The third kappa shape index (κ3) is 3.74. The van der Waals surface area contributed by atoms with E-state index in [-0.39, 0.29) is 18.4 Å². The van der Waals surface area contributed by atoms with Crippen molar-refractivity contribution < 1.29 is 9.59 Å². The van der Waals surface area contributed by atoms with Crippen molar-refractivity contribution in [2.45, 2.75) is 37.8 Å². The summed E-state index contributed by atoms with van der Waals surface area (Å²) in [5.74, 6) is -0.363. The zero-order chi connectivity index (χ0) is 19.6. The van der Waals surface area contributed by atoms with E-state index in [1.54, 1.807) is 4.90 Å². The van der Waals surface area contributed by atoms with Crippen molar-refractivity contribution in [3.8, 4) is 0 Å². The first-order chi connectivity index (χ1) is 13.6. The fraction of sp³-hybridized carbons (Fsp3) is 0.318. The van der Waals surface area contributed by atoms with E-state index in [4.69, 9.17) is 4.99 Å². The van der Waals surface area contributed by atoms with Crippen molar-refractivity contribution in [2.75, 3.05) is 11.9 Å². The molecule has 1 fully saturated rings. The summed E-state index contributed by atoms with van der Waals surface area (Å²) < 4.78 is 0.890. The average Bonchev–Trinajstić information content (AvgIpc) is 2.95. The number of carbonyl (C=O) groups excluding carboxylic acids is 2. The Hall–Kier alpha value is -2.47. The molecule has 2 aromatic carbocycles. The van der Waals surface area contributed by atoms with Crippen LogP contribution in [0.2, 0.25) is 0 Å². The van der Waals surface area contributed by atoms with Gasteiger partial charge in [-0.05, 0) is 43.9 Å². The van der Waals surface area contributed by atoms with E-state index >= 15 is 0 Å². The van der Waals surface area contributed by atoms with Crippen molar-refractivity contribution in [1.82, 2.24) is 4.90 Å². The third-order valence-corrected chi connectivity index (χ3v) is 5.87. The molecule has 0 atom stereocenters. The number of nitrogens with zero attached hydrogens (tertiary/aromatic N) is 2. The molecule has 1 spiro atoms. The summed E-state index contributed by atoms with van der Waals surface area (Å²) in [6.45, 7) is 0.00514. The Kier molecular flexibility index (Phi) is 5.31. The lowest BCUT2D eigenvalue weighted by Crippen LogP contribution is -2.51. The Bertz CT molecular complexity index is 920. The first-order valence-electron chi connectivity index (χ1n) is 9.60. The van der Waals surface area contributed by atoms with Crippen LogP contribution in [0.5, 0.6) is 0 Å². The summed E-state index contributed by atoms with van der Waals surface area (Å²) in [7, 11) is 0. The summed E-state index contributed by atoms with van der Waals surface area (Å²) in [6.07, 6.45) is 4.79. The summed E-state index contributed by atoms with van der Waals surface area (Å²) >= 11 is 3.41. The molecule has 144 valence electrons. The zero-order valence-electron chi connectivity index (χ0n) is 15.5. The highest BCUT2D eigenvalue weighted by Crippen LogP contribution is 2.39. The molecule has 1 saturated carbocycles. The minimum absolute atomic E-state index is 0.00514. The van der Waals surface area contributed by atoms with Crippen molar-refractivity contribution in [1.29, 1.82) is 0 Å². The van der Waals surface area contributed by atoms with Crippen molar-refractivity contribution in [3.63, 3.8) is 0 Å². The van der Waals surface area contributed by atoms with Gasteiger partial charge in [-0.2, -0.15) is 0 Å². The molecular weight excluding hydrogens is 418 g/mol. The number of halogens is 1. The van der Waals surface area contributed by atoms with Crippen LogP contribution in [0, 0.1) is 0 Å². The molecule has 1 heterocycles. The second kappa shape index (κ2) is 7.87. The van der Waals surface area contributed by atoms with E-state index in [1.165, 1.54) is 0 Å². The summed E-state index contributed by atoms with van der Waals surface area (Å²) in [5, 5.41) is 2.89. The SMILES string of the molecule is O=C(CN1C(=O)C(c2ccccc2)=NC12CCCCC2)Nc1cccc(Br)c1. The normalized spacial score (nSPS) is 18.2. The fourth-order valence-electron chi connectivity index (χ4n) is 4.05. The topological polar surface area (TPSA) is 61.8 Å². The van der Waals surface area contributed by atoms with Gasteiger partial charge in [-0.3, -0.25) is 14.6 Å². The van der Waals surface area contributed by atoms with E-state index < -0.39 is 5.66 Å². The zero-order valence-corrected chi connectivity index (χ0v) is 17.1. The number of nitrogens with one attached hydrogen (secondary N) is 1. The molecule has 2 aliphatic rings. The maximum atomic E-state index is 13.2. The van der Waals surface area contributed by atoms with Crippen LogP contribution in [0.15, 0.2) is 64.1 Å². The molecule has 6 heteroatoms. The molecule has 1 aliphatic carbocycles. The Morgan fingerprint density at radius 2 is 1.82 bits per heavy atom. The van der Waals surface area contributed by atoms with E-state index in [2.05, 4.69) is 21.2 Å². The van der Waals surface area contributed by atoms with Gasteiger partial charge in [0.1, 0.15) is 17.9 Å². The number of carbonyl (C=O) groups is 2. The van der Waals surface area contributed by atoms with Gasteiger partial charge in [0.15, 0.2) is 0 Å². The number of aliphatic imine (C=N–C) groups is 1. The van der Waals surface area contributed by atoms with Gasteiger partial charge in [-0.25, -0.2) is 0 Å². The second-order valence-corrected chi connectivity index (χ2v) is 8.24. The van der Waals surface area contributed by atoms with Crippen molar-refractivity contribution in [3.05, 3.63) is 64.6 Å². The van der Waals surface area contributed by atoms with Gasteiger partial charge in [-0.1, -0.05) is 58.7 Å². The monoisotopic (exact) mass is 439 g/mol. The van der Waals surface area contributed by atoms with Crippen LogP contribution in [0.1, 0.15) is 37.7 Å². The minimum atomic E-state index is -0.588. The number of anilines is 1. The largest absolute Gasteiger partial charge is 0.325 e. The Morgan fingerprint density at radius 1 is 1.07 bits per heavy atom. The van der Waals surface area contributed by atoms with Crippen LogP contribution >= 0.6 is 15.9 Å². The van der Waals surface area contributed by atoms with Crippen LogP contribution in [0.4, 0.5) is 5.69 Å². The second-order valence-electron chi connectivity index (χ2n) is 7.32. The highest BCUT2D eigenvalue weighted by Gasteiger charge is 2.48. The average molecular weight is 440 g/mol. The minimum Gasteiger partial charge on any atom is -0.325 e. The lowest BCUT2D eigenvalue weighted by atomic mass is 9.88. The van der Waals surface area contributed by atoms with Crippen LogP contribution in [-0.2, 0) is 9.59 Å². The van der Waals surface area contributed by atoms with E-state index in [9.17, 15) is 9.59 Å². The van der Waals surface area contributed by atoms with E-state index in [0.29, 0.717) is 11.4 Å². The van der Waals surface area contributed by atoms with Crippen LogP contribution in [0.3, 0.4) is 0 Å². The van der Waals surface area contributed by atoms with Crippen LogP contribution < -0.4 is 5.32 Å². The van der Waals surface area contributed by atoms with Crippen molar-refractivity contribution >= 4 is 39.1 Å². The maximum Gasteiger partial charge on any atom is 0.275 e. The van der Waals surface area contributed by atoms with Crippen LogP contribution in [-0.4, -0.2) is 34.6 Å². The predicted octanol–water partition coefficient (Wildman–Crippen LogP) is 4.38. The Balaban J connectivity index is 1.58. The smallest absolute Gasteiger partial charge is 0.275 e. The predicted molar refractivity (Wildman–Crippen MR) is 113 cm³/mol. The summed E-state index contributed by atoms with van der Waals surface area (Å²) in [6, 6.07) is 17.0. The lowest BCUT2D eigenvalue weighted by molar-refractivity contribution is -0.134. The molecule has 28 heavy (non-hydrogen) atoms. The molecule has 1 N–H and O–H groups in total. The van der Waals surface area contributed by atoms with Gasteiger partial charge < -0.3 is 10.2 Å². The number of hydrogen-bond acceptors (Lipinski definition) is 3. The molecule has 1 aliphatic heterocycles. The van der Waals surface area contributed by atoms with Gasteiger partial charge in [-0.15, -0.1) is 0 Å². The molecule has 0 bridgehead atoms. The number of hydrogen-bond donors (Lipinski definition) is 1. The number of amides is 2. The first-order valence-corrected chi connectivity index (χ1v) is 10.4. The quantitative estimate of drug-likeness (QED) is 0.767. The highest BCUT2D eigenvalue weighted by molar-refractivity contribution is 9.10. The fourth-order valence-corrected chi connectivity index (χ4v) is 4.45. The summed E-state index contributed by atoms with van der Waals surface area (Å²) in [4.78, 5) is 32.5. The standard InChI is InChI=1S/C22H22BrN3O2/c23-17-10-7-11-18(14-17)24-19(27)15-26-21(28)20(16-8-3-1-4-9-16)25-22(26)12-5-2-6-13-22/h1,3-4,7-11,14H,2,5-6,12-13,15H2,(H,24,27). The van der Waals surface area contributed by atoms with Gasteiger partial charge in [0.05, 0.1) is 0 Å². The molecule has 4 rings (SSSR count). The van der Waals surface area contributed by atoms with Gasteiger partial charge >= 0.3 is 0 Å². The Morgan fingerprint density at radius 3 is 2.54 bits per heavy atom. The van der Waals surface area contributed by atoms with Gasteiger partial charge in [0.25, 0.3) is 5.91 Å². The van der Waals surface area contributed by atoms with Gasteiger partial charge in [0, 0.05) is 15.7 Å². The number of rotatable bonds is 4. The molecule has 2 aromatic rings. The van der Waals surface area contributed by atoms with Gasteiger partial charge in [0.2, 0.25) is 5.91 Å². The molecular formula is C22H22BrN3O2. The third-order valence-electron chi connectivity index (χ3n) is 5.38. The van der Waals surface area contributed by atoms with Crippen molar-refractivity contribution in [2.24, 2.45) is 4.99 Å². The highest BCUT2D eigenvalue weighted by atomic mass is 79.9. The Labute approximate surface area is 173 Å². The lowest BCUT2D eigenvalue weighted by Gasteiger charge is -2.38. The molecule has 0 saturated heterocycles. The number of benzene rings is 2. The van der Waals surface area contributed by atoms with E-state index in [0.717, 1.165) is 42.1 Å². The molecule has 0 aromatic heterocycles. The molecule has 2 amide bonds. The van der Waals surface area contributed by atoms with E-state index in [1.807, 2.05) is 54.6 Å². The maximum absolute atomic E-state index is 13.2. The molecule has 0 unspecified atom stereocenters. The van der Waals surface area contributed by atoms with Crippen LogP contribution in [0.25, 0.3) is 0 Å². The summed E-state index contributed by atoms with van der Waals surface area (Å²) in [5.41, 5.74) is 1.40. The molecule has 5 nitrogen and oxygen atoms in total. The first kappa shape index (κ1) is 18.9. The molecule has 0 radical (unpaired) electrons.